The molecule has 5 rings (SSSR count). The van der Waals surface area contributed by atoms with Crippen molar-refractivity contribution in [2.75, 3.05) is 48.3 Å². The summed E-state index contributed by atoms with van der Waals surface area (Å²) >= 11 is 1.57. The van der Waals surface area contributed by atoms with Crippen molar-refractivity contribution in [3.8, 4) is 0 Å². The predicted octanol–water partition coefficient (Wildman–Crippen LogP) is 4.18. The maximum Gasteiger partial charge on any atom is 0.321 e. The minimum absolute atomic E-state index is 0.0547. The van der Waals surface area contributed by atoms with E-state index in [0.717, 1.165) is 34.4 Å². The van der Waals surface area contributed by atoms with Gasteiger partial charge in [-0.2, -0.15) is 0 Å². The zero-order chi connectivity index (χ0) is 22.1. The van der Waals surface area contributed by atoms with E-state index >= 15 is 0 Å². The highest BCUT2D eigenvalue weighted by molar-refractivity contribution is 7.99. The highest BCUT2D eigenvalue weighted by Gasteiger charge is 2.26. The molecule has 3 amide bonds. The molecule has 3 aromatic rings. The number of carbonyl (C=O) groups excluding carboxylic acids is 2. The summed E-state index contributed by atoms with van der Waals surface area (Å²) in [7, 11) is 1.77. The molecule has 8 heteroatoms. The number of carbonyl (C=O) groups is 2. The third-order valence-electron chi connectivity index (χ3n) is 5.75. The second-order valence-corrected chi connectivity index (χ2v) is 8.82. The van der Waals surface area contributed by atoms with Crippen molar-refractivity contribution in [1.29, 1.82) is 0 Å². The van der Waals surface area contributed by atoms with Gasteiger partial charge in [-0.05, 0) is 42.5 Å². The molecule has 2 aromatic carbocycles. The molecule has 2 aliphatic heterocycles. The molecular formula is C24H23N5O2S. The van der Waals surface area contributed by atoms with Crippen LogP contribution in [-0.4, -0.2) is 55.0 Å². The van der Waals surface area contributed by atoms with E-state index in [9.17, 15) is 9.59 Å². The molecule has 2 aliphatic rings. The zero-order valence-corrected chi connectivity index (χ0v) is 18.5. The van der Waals surface area contributed by atoms with E-state index in [1.54, 1.807) is 29.9 Å². The lowest BCUT2D eigenvalue weighted by atomic mass is 10.2. The molecule has 7 nitrogen and oxygen atoms in total. The number of anilines is 3. The lowest BCUT2D eigenvalue weighted by Crippen LogP contribution is -2.50. The molecule has 0 bridgehead atoms. The summed E-state index contributed by atoms with van der Waals surface area (Å²) in [4.78, 5) is 37.7. The third-order valence-corrected chi connectivity index (χ3v) is 6.89. The van der Waals surface area contributed by atoms with Crippen molar-refractivity contribution in [2.24, 2.45) is 0 Å². The van der Waals surface area contributed by atoms with Crippen molar-refractivity contribution >= 4 is 40.9 Å². The Bertz CT molecular complexity index is 1160. The SMILES string of the molecule is CN1C(=O)c2ccccc2Sc2ccc(NC(=O)N3CCN(c4ccccn4)CC3)cc21. The van der Waals surface area contributed by atoms with E-state index < -0.39 is 0 Å². The van der Waals surface area contributed by atoms with Gasteiger partial charge in [0, 0.05) is 54.9 Å². The van der Waals surface area contributed by atoms with Gasteiger partial charge in [-0.25, -0.2) is 9.78 Å². The van der Waals surface area contributed by atoms with Crippen LogP contribution in [0.3, 0.4) is 0 Å². The smallest absolute Gasteiger partial charge is 0.321 e. The van der Waals surface area contributed by atoms with Gasteiger partial charge in [-0.1, -0.05) is 30.0 Å². The fraction of sp³-hybridized carbons (Fsp3) is 0.208. The number of pyridine rings is 1. The van der Waals surface area contributed by atoms with Crippen LogP contribution in [-0.2, 0) is 0 Å². The summed E-state index contributed by atoms with van der Waals surface area (Å²) in [6.07, 6.45) is 1.78. The fourth-order valence-corrected chi connectivity index (χ4v) is 5.05. The molecule has 162 valence electrons. The topological polar surface area (TPSA) is 68.8 Å². The van der Waals surface area contributed by atoms with Crippen LogP contribution in [0.1, 0.15) is 10.4 Å². The van der Waals surface area contributed by atoms with Crippen molar-refractivity contribution in [2.45, 2.75) is 9.79 Å². The average molecular weight is 446 g/mol. The lowest BCUT2D eigenvalue weighted by molar-refractivity contribution is 0.0990. The second-order valence-electron chi connectivity index (χ2n) is 7.74. The third kappa shape index (κ3) is 3.89. The van der Waals surface area contributed by atoms with Crippen LogP contribution < -0.4 is 15.1 Å². The number of fused-ring (bicyclic) bond motifs is 2. The number of urea groups is 1. The normalized spacial score (nSPS) is 15.7. The summed E-state index contributed by atoms with van der Waals surface area (Å²) in [6, 6.07) is 19.1. The number of rotatable bonds is 2. The standard InChI is InChI=1S/C24H23N5O2S/c1-27-19-16-17(9-10-21(19)32-20-7-3-2-6-18(20)23(27)30)26-24(31)29-14-12-28(13-15-29)22-8-4-5-11-25-22/h2-11,16H,12-15H2,1H3,(H,26,31). The van der Waals surface area contributed by atoms with Crippen LogP contribution in [0, 0.1) is 0 Å². The number of hydrogen-bond acceptors (Lipinski definition) is 5. The van der Waals surface area contributed by atoms with E-state index in [2.05, 4.69) is 15.2 Å². The van der Waals surface area contributed by atoms with Crippen LogP contribution in [0.25, 0.3) is 0 Å². The van der Waals surface area contributed by atoms with E-state index in [4.69, 9.17) is 0 Å². The van der Waals surface area contributed by atoms with Gasteiger partial charge in [0.15, 0.2) is 0 Å². The van der Waals surface area contributed by atoms with Crippen molar-refractivity contribution < 1.29 is 9.59 Å². The van der Waals surface area contributed by atoms with E-state index in [1.807, 2.05) is 65.6 Å². The molecule has 0 saturated carbocycles. The van der Waals surface area contributed by atoms with Crippen LogP contribution in [0.2, 0.25) is 0 Å². The van der Waals surface area contributed by atoms with Gasteiger partial charge in [0.05, 0.1) is 11.3 Å². The average Bonchev–Trinajstić information content (AvgIpc) is 2.94. The maximum atomic E-state index is 12.9. The summed E-state index contributed by atoms with van der Waals surface area (Å²) in [6.45, 7) is 2.72. The molecule has 1 aromatic heterocycles. The molecule has 0 spiro atoms. The van der Waals surface area contributed by atoms with Gasteiger partial charge in [-0.15, -0.1) is 0 Å². The number of nitrogens with one attached hydrogen (secondary N) is 1. The Balaban J connectivity index is 1.28. The van der Waals surface area contributed by atoms with E-state index in [1.165, 1.54) is 0 Å². The Hall–Kier alpha value is -3.52. The lowest BCUT2D eigenvalue weighted by Gasteiger charge is -2.35. The van der Waals surface area contributed by atoms with Crippen LogP contribution in [0.4, 0.5) is 22.0 Å². The monoisotopic (exact) mass is 445 g/mol. The van der Waals surface area contributed by atoms with Crippen LogP contribution >= 0.6 is 11.8 Å². The first-order valence-electron chi connectivity index (χ1n) is 10.5. The molecule has 0 aliphatic carbocycles. The Morgan fingerprint density at radius 2 is 1.75 bits per heavy atom. The number of benzene rings is 2. The Labute approximate surface area is 191 Å². The highest BCUT2D eigenvalue weighted by Crippen LogP contribution is 2.41. The first kappa shape index (κ1) is 20.4. The number of nitrogens with zero attached hydrogens (tertiary/aromatic N) is 4. The molecule has 3 heterocycles. The Kier molecular flexibility index (Phi) is 5.45. The second kappa shape index (κ2) is 8.55. The molecule has 0 unspecified atom stereocenters. The first-order chi connectivity index (χ1) is 15.6. The molecular weight excluding hydrogens is 422 g/mol. The maximum absolute atomic E-state index is 12.9. The van der Waals surface area contributed by atoms with Gasteiger partial charge in [0.2, 0.25) is 0 Å². The summed E-state index contributed by atoms with van der Waals surface area (Å²) in [5.74, 6) is 0.880. The van der Waals surface area contributed by atoms with Crippen molar-refractivity contribution in [3.63, 3.8) is 0 Å². The number of amides is 3. The summed E-state index contributed by atoms with van der Waals surface area (Å²) < 4.78 is 0. The Morgan fingerprint density at radius 1 is 0.969 bits per heavy atom. The van der Waals surface area contributed by atoms with Gasteiger partial charge in [0.1, 0.15) is 5.82 Å². The number of aromatic nitrogens is 1. The number of hydrogen-bond donors (Lipinski definition) is 1. The van der Waals surface area contributed by atoms with Gasteiger partial charge < -0.3 is 20.0 Å². The van der Waals surface area contributed by atoms with Crippen LogP contribution in [0.15, 0.2) is 76.7 Å². The first-order valence-corrected chi connectivity index (χ1v) is 11.3. The highest BCUT2D eigenvalue weighted by atomic mass is 32.2. The number of piperazine rings is 1. The van der Waals surface area contributed by atoms with Gasteiger partial charge in [-0.3, -0.25) is 4.79 Å². The largest absolute Gasteiger partial charge is 0.353 e. The van der Waals surface area contributed by atoms with E-state index in [-0.39, 0.29) is 11.9 Å². The molecule has 0 radical (unpaired) electrons. The van der Waals surface area contributed by atoms with Gasteiger partial charge in [0.25, 0.3) is 5.91 Å². The van der Waals surface area contributed by atoms with E-state index in [0.29, 0.717) is 24.3 Å². The van der Waals surface area contributed by atoms with Gasteiger partial charge >= 0.3 is 6.03 Å². The molecule has 1 saturated heterocycles. The minimum Gasteiger partial charge on any atom is -0.353 e. The molecule has 1 fully saturated rings. The minimum atomic E-state index is -0.135. The predicted molar refractivity (Wildman–Crippen MR) is 127 cm³/mol. The Morgan fingerprint density at radius 3 is 2.53 bits per heavy atom. The molecule has 32 heavy (non-hydrogen) atoms. The molecule has 0 atom stereocenters. The summed E-state index contributed by atoms with van der Waals surface area (Å²) in [5.41, 5.74) is 2.15. The van der Waals surface area contributed by atoms with Crippen molar-refractivity contribution in [1.82, 2.24) is 9.88 Å². The molecule has 1 N–H and O–H groups in total. The fourth-order valence-electron chi connectivity index (χ4n) is 3.97. The van der Waals surface area contributed by atoms with Crippen molar-refractivity contribution in [3.05, 3.63) is 72.4 Å². The van der Waals surface area contributed by atoms with Crippen LogP contribution in [0.5, 0.6) is 0 Å². The quantitative estimate of drug-likeness (QED) is 0.641. The summed E-state index contributed by atoms with van der Waals surface area (Å²) in [5, 5.41) is 3.00. The zero-order valence-electron chi connectivity index (χ0n) is 17.7.